The van der Waals surface area contributed by atoms with Crippen LogP contribution in [-0.2, 0) is 21.0 Å². The Morgan fingerprint density at radius 2 is 1.50 bits per heavy atom. The van der Waals surface area contributed by atoms with Crippen LogP contribution in [0.15, 0.2) is 0 Å². The number of unbranched alkanes of at least 4 members (excludes halogenated alkanes) is 2. The predicted molar refractivity (Wildman–Crippen MR) is 37.5 cm³/mol. The standard InChI is InChI=1S/C5H8O2.K.H2O3S/c6-4-2-1-3-5-7;;1-4(2)3/h4-5H,1-3H2;;(H2,1,2,3)/q;+1;/p-1. The van der Waals surface area contributed by atoms with Crippen molar-refractivity contribution in [1.29, 1.82) is 0 Å². The maximum Gasteiger partial charge on any atom is 1.00 e. The van der Waals surface area contributed by atoms with Crippen LogP contribution in [0.25, 0.3) is 0 Å². The van der Waals surface area contributed by atoms with Gasteiger partial charge in [0.1, 0.15) is 12.6 Å². The zero-order valence-electron chi connectivity index (χ0n) is 6.76. The van der Waals surface area contributed by atoms with Crippen LogP contribution < -0.4 is 51.4 Å². The van der Waals surface area contributed by atoms with E-state index in [9.17, 15) is 9.59 Å². The maximum atomic E-state index is 9.56. The summed E-state index contributed by atoms with van der Waals surface area (Å²) in [5, 5.41) is 0. The molecule has 66 valence electrons. The Labute approximate surface area is 116 Å². The molecule has 0 aliphatic heterocycles. The Bertz CT molecular complexity index is 117. The van der Waals surface area contributed by atoms with E-state index in [0.717, 1.165) is 12.6 Å². The quantitative estimate of drug-likeness (QED) is 0.234. The molecule has 7 heteroatoms. The van der Waals surface area contributed by atoms with E-state index in [1.54, 1.807) is 0 Å². The topological polar surface area (TPSA) is 94.5 Å². The summed E-state index contributed by atoms with van der Waals surface area (Å²) in [5.74, 6) is 0. The molecule has 1 unspecified atom stereocenters. The van der Waals surface area contributed by atoms with Crippen molar-refractivity contribution in [3.8, 4) is 0 Å². The van der Waals surface area contributed by atoms with Gasteiger partial charge in [0.2, 0.25) is 0 Å². The second kappa shape index (κ2) is 18.0. The summed E-state index contributed by atoms with van der Waals surface area (Å²) in [5.41, 5.74) is 0. The predicted octanol–water partition coefficient (Wildman–Crippen LogP) is -3.10. The molecular formula is C5H9KO5S. The Morgan fingerprint density at radius 3 is 1.67 bits per heavy atom. The summed E-state index contributed by atoms with van der Waals surface area (Å²) in [6.45, 7) is 0. The van der Waals surface area contributed by atoms with Gasteiger partial charge in [-0.1, -0.05) is 0 Å². The van der Waals surface area contributed by atoms with Gasteiger partial charge < -0.3 is 18.7 Å². The van der Waals surface area contributed by atoms with Crippen molar-refractivity contribution in [2.75, 3.05) is 0 Å². The van der Waals surface area contributed by atoms with Gasteiger partial charge in [0.15, 0.2) is 0 Å². The normalized spacial score (nSPS) is 9.83. The molecule has 1 atom stereocenters. The van der Waals surface area contributed by atoms with Gasteiger partial charge in [0, 0.05) is 12.8 Å². The van der Waals surface area contributed by atoms with Crippen molar-refractivity contribution in [3.63, 3.8) is 0 Å². The summed E-state index contributed by atoms with van der Waals surface area (Å²) in [7, 11) is 0. The number of hydrogen-bond donors (Lipinski definition) is 1. The van der Waals surface area contributed by atoms with Crippen molar-refractivity contribution < 1.29 is 74.3 Å². The molecule has 0 amide bonds. The van der Waals surface area contributed by atoms with E-state index in [1.165, 1.54) is 0 Å². The third kappa shape index (κ3) is 43.8. The third-order valence-corrected chi connectivity index (χ3v) is 0.644. The molecular weight excluding hydrogens is 211 g/mol. The van der Waals surface area contributed by atoms with Gasteiger partial charge in [0.25, 0.3) is 0 Å². The molecule has 0 bridgehead atoms. The fourth-order valence-electron chi connectivity index (χ4n) is 0.285. The van der Waals surface area contributed by atoms with Crippen molar-refractivity contribution in [2.24, 2.45) is 0 Å². The molecule has 0 aliphatic carbocycles. The average molecular weight is 220 g/mol. The SMILES string of the molecule is O=CCCCC=O.O=S([O-])O.[K+]. The molecule has 12 heavy (non-hydrogen) atoms. The maximum absolute atomic E-state index is 9.56. The van der Waals surface area contributed by atoms with Gasteiger partial charge in [-0.25, -0.2) is 4.21 Å². The monoisotopic (exact) mass is 220 g/mol. The van der Waals surface area contributed by atoms with Crippen molar-refractivity contribution >= 4 is 23.9 Å². The smallest absolute Gasteiger partial charge is 0.750 e. The van der Waals surface area contributed by atoms with Gasteiger partial charge >= 0.3 is 51.4 Å². The average Bonchev–Trinajstić information content (AvgIpc) is 1.88. The van der Waals surface area contributed by atoms with Crippen LogP contribution in [0.4, 0.5) is 0 Å². The Kier molecular flexibility index (Phi) is 28.1. The van der Waals surface area contributed by atoms with Crippen LogP contribution in [0.3, 0.4) is 0 Å². The van der Waals surface area contributed by atoms with Gasteiger partial charge in [-0.2, -0.15) is 0 Å². The van der Waals surface area contributed by atoms with Crippen LogP contribution >= 0.6 is 0 Å². The summed E-state index contributed by atoms with van der Waals surface area (Å²) in [6, 6.07) is 0. The summed E-state index contributed by atoms with van der Waals surface area (Å²) < 4.78 is 24.1. The fourth-order valence-corrected chi connectivity index (χ4v) is 0.285. The molecule has 0 aromatic rings. The Morgan fingerprint density at radius 1 is 1.25 bits per heavy atom. The number of carbonyl (C=O) groups is 2. The number of rotatable bonds is 4. The van der Waals surface area contributed by atoms with Crippen LogP contribution in [0, 0.1) is 0 Å². The van der Waals surface area contributed by atoms with Gasteiger partial charge in [-0.3, -0.25) is 0 Å². The largest absolute Gasteiger partial charge is 1.00 e. The molecule has 0 rings (SSSR count). The first-order valence-corrected chi connectivity index (χ1v) is 3.84. The van der Waals surface area contributed by atoms with Crippen LogP contribution in [0.5, 0.6) is 0 Å². The second-order valence-corrected chi connectivity index (χ2v) is 1.92. The Balaban J connectivity index is -0.000000142. The van der Waals surface area contributed by atoms with Crippen LogP contribution in [-0.4, -0.2) is 25.9 Å². The minimum absolute atomic E-state index is 0. The molecule has 0 aromatic carbocycles. The Hall–Kier alpha value is 1.05. The minimum atomic E-state index is -2.86. The first-order valence-electron chi connectivity index (χ1n) is 2.80. The van der Waals surface area contributed by atoms with Crippen molar-refractivity contribution in [3.05, 3.63) is 0 Å². The van der Waals surface area contributed by atoms with E-state index >= 15 is 0 Å². The molecule has 5 nitrogen and oxygen atoms in total. The van der Waals surface area contributed by atoms with E-state index in [2.05, 4.69) is 0 Å². The first kappa shape index (κ1) is 18.8. The van der Waals surface area contributed by atoms with E-state index < -0.39 is 11.4 Å². The molecule has 0 saturated carbocycles. The summed E-state index contributed by atoms with van der Waals surface area (Å²) in [6.07, 6.45) is 3.37. The molecule has 0 fully saturated rings. The molecule has 1 N–H and O–H groups in total. The van der Waals surface area contributed by atoms with Gasteiger partial charge in [-0.15, -0.1) is 0 Å². The van der Waals surface area contributed by atoms with Crippen LogP contribution in [0.1, 0.15) is 19.3 Å². The van der Waals surface area contributed by atoms with Crippen molar-refractivity contribution in [1.82, 2.24) is 0 Å². The third-order valence-electron chi connectivity index (χ3n) is 0.644. The molecule has 0 heterocycles. The molecule has 0 aromatic heterocycles. The molecule has 0 spiro atoms. The zero-order chi connectivity index (χ0) is 9.11. The van der Waals surface area contributed by atoms with E-state index in [-0.39, 0.29) is 51.4 Å². The zero-order valence-corrected chi connectivity index (χ0v) is 10.7. The molecule has 0 saturated heterocycles. The first-order chi connectivity index (χ1) is 5.15. The van der Waals surface area contributed by atoms with E-state index in [4.69, 9.17) is 13.3 Å². The van der Waals surface area contributed by atoms with Gasteiger partial charge in [-0.05, 0) is 6.42 Å². The van der Waals surface area contributed by atoms with Gasteiger partial charge in [0.05, 0.1) is 11.4 Å². The minimum Gasteiger partial charge on any atom is -0.750 e. The number of hydrogen-bond acceptors (Lipinski definition) is 4. The second-order valence-electron chi connectivity index (χ2n) is 1.48. The van der Waals surface area contributed by atoms with E-state index in [1.807, 2.05) is 0 Å². The number of carbonyl (C=O) groups excluding carboxylic acids is 2. The summed E-state index contributed by atoms with van der Waals surface area (Å²) >= 11 is -2.86. The van der Waals surface area contributed by atoms with Crippen molar-refractivity contribution in [2.45, 2.75) is 19.3 Å². The van der Waals surface area contributed by atoms with Crippen LogP contribution in [0.2, 0.25) is 0 Å². The molecule has 0 aliphatic rings. The number of aldehydes is 2. The summed E-state index contributed by atoms with van der Waals surface area (Å²) in [4.78, 5) is 19.1. The molecule has 0 radical (unpaired) electrons. The van der Waals surface area contributed by atoms with E-state index in [0.29, 0.717) is 19.3 Å². The fraction of sp³-hybridized carbons (Fsp3) is 0.600.